The molecule has 1 saturated heterocycles. The molecule has 0 aromatic rings. The van der Waals surface area contributed by atoms with Crippen LogP contribution < -0.4 is 0 Å². The van der Waals surface area contributed by atoms with Crippen molar-refractivity contribution in [3.8, 4) is 0 Å². The van der Waals surface area contributed by atoms with Crippen LogP contribution in [0.4, 0.5) is 0 Å². The Morgan fingerprint density at radius 1 is 1.34 bits per heavy atom. The van der Waals surface area contributed by atoms with E-state index in [9.17, 15) is 19.8 Å². The molecular formula is C21H28O8. The zero-order valence-electron chi connectivity index (χ0n) is 17.2. The lowest BCUT2D eigenvalue weighted by molar-refractivity contribution is -0.298. The highest BCUT2D eigenvalue weighted by atomic mass is 16.7. The lowest BCUT2D eigenvalue weighted by atomic mass is 9.82. The van der Waals surface area contributed by atoms with Crippen molar-refractivity contribution in [2.45, 2.75) is 70.1 Å². The highest BCUT2D eigenvalue weighted by Crippen LogP contribution is 2.49. The van der Waals surface area contributed by atoms with Gasteiger partial charge in [0.25, 0.3) is 0 Å². The second-order valence-corrected chi connectivity index (χ2v) is 8.28. The summed E-state index contributed by atoms with van der Waals surface area (Å²) in [6.45, 7) is 10.4. The molecule has 160 valence electrons. The van der Waals surface area contributed by atoms with E-state index in [1.165, 1.54) is 13.8 Å². The van der Waals surface area contributed by atoms with Crippen LogP contribution in [-0.4, -0.2) is 58.5 Å². The van der Waals surface area contributed by atoms with Crippen LogP contribution in [0.2, 0.25) is 0 Å². The minimum atomic E-state index is -1.85. The van der Waals surface area contributed by atoms with E-state index < -0.39 is 35.0 Å². The molecule has 2 N–H and O–H groups in total. The first kappa shape index (κ1) is 21.7. The number of aliphatic hydroxyl groups is 2. The minimum absolute atomic E-state index is 0.0346. The highest BCUT2D eigenvalue weighted by Gasteiger charge is 2.58. The lowest BCUT2D eigenvalue weighted by Gasteiger charge is -2.40. The Kier molecular flexibility index (Phi) is 5.51. The van der Waals surface area contributed by atoms with Gasteiger partial charge in [-0.3, -0.25) is 0 Å². The molecule has 29 heavy (non-hydrogen) atoms. The fourth-order valence-electron chi connectivity index (χ4n) is 3.89. The van der Waals surface area contributed by atoms with Gasteiger partial charge in [0.05, 0.1) is 17.8 Å². The van der Waals surface area contributed by atoms with E-state index in [0.29, 0.717) is 18.6 Å². The standard InChI is InChI=1S/C21H28O8/c1-6-26-11-13-16-14(28-18(13)23)9-19(4)7-8-21(25,29-19)20(5,24)10-15(16)27-17(22)12(2)3/h9,15,24-25H,2,6-8,10-11H2,1,3-5H3. The van der Waals surface area contributed by atoms with Crippen molar-refractivity contribution in [1.82, 2.24) is 0 Å². The average molecular weight is 408 g/mol. The zero-order valence-corrected chi connectivity index (χ0v) is 17.2. The average Bonchev–Trinajstić information content (AvgIpc) is 3.09. The van der Waals surface area contributed by atoms with Crippen LogP contribution in [0.15, 0.2) is 35.1 Å². The molecule has 3 aliphatic rings. The molecule has 0 spiro atoms. The smallest absolute Gasteiger partial charge is 0.342 e. The second-order valence-electron chi connectivity index (χ2n) is 8.28. The molecule has 3 aliphatic heterocycles. The zero-order chi connectivity index (χ0) is 21.6. The van der Waals surface area contributed by atoms with E-state index in [1.807, 2.05) is 0 Å². The molecule has 0 saturated carbocycles. The van der Waals surface area contributed by atoms with Crippen molar-refractivity contribution < 1.29 is 38.7 Å². The van der Waals surface area contributed by atoms with E-state index in [2.05, 4.69) is 6.58 Å². The molecule has 0 amide bonds. The first-order valence-corrected chi connectivity index (χ1v) is 9.69. The highest BCUT2D eigenvalue weighted by molar-refractivity contribution is 5.95. The molecule has 3 rings (SSSR count). The maximum Gasteiger partial charge on any atom is 0.342 e. The predicted molar refractivity (Wildman–Crippen MR) is 101 cm³/mol. The van der Waals surface area contributed by atoms with Gasteiger partial charge in [0.15, 0.2) is 5.79 Å². The summed E-state index contributed by atoms with van der Waals surface area (Å²) in [4.78, 5) is 24.8. The van der Waals surface area contributed by atoms with Gasteiger partial charge in [0.2, 0.25) is 0 Å². The van der Waals surface area contributed by atoms with Crippen molar-refractivity contribution >= 4 is 11.9 Å². The van der Waals surface area contributed by atoms with Crippen LogP contribution in [0.3, 0.4) is 0 Å². The summed E-state index contributed by atoms with van der Waals surface area (Å²) in [5.41, 5.74) is -2.06. The fraction of sp³-hybridized carbons (Fsp3) is 0.619. The second kappa shape index (κ2) is 7.36. The summed E-state index contributed by atoms with van der Waals surface area (Å²) in [5, 5.41) is 22.2. The maximum atomic E-state index is 12.5. The fourth-order valence-corrected chi connectivity index (χ4v) is 3.89. The summed E-state index contributed by atoms with van der Waals surface area (Å²) in [6.07, 6.45) is 0.890. The SMILES string of the molecule is C=C(C)C(=O)OC1CC(C)(O)C2(O)CCC(C)(C=C3OC(=O)C(COCC)=C31)O2. The molecular weight excluding hydrogens is 380 g/mol. The molecule has 8 nitrogen and oxygen atoms in total. The summed E-state index contributed by atoms with van der Waals surface area (Å²) in [6, 6.07) is 0. The Bertz CT molecular complexity index is 807. The van der Waals surface area contributed by atoms with Crippen LogP contribution in [-0.2, 0) is 28.5 Å². The van der Waals surface area contributed by atoms with Crippen LogP contribution >= 0.6 is 0 Å². The first-order chi connectivity index (χ1) is 13.4. The third-order valence-electron chi connectivity index (χ3n) is 5.63. The van der Waals surface area contributed by atoms with Gasteiger partial charge in [-0.1, -0.05) is 6.58 Å². The van der Waals surface area contributed by atoms with Gasteiger partial charge in [-0.2, -0.15) is 0 Å². The summed E-state index contributed by atoms with van der Waals surface area (Å²) < 4.78 is 22.3. The van der Waals surface area contributed by atoms with Gasteiger partial charge in [0, 0.05) is 30.6 Å². The monoisotopic (exact) mass is 408 g/mol. The molecule has 1 fully saturated rings. The van der Waals surface area contributed by atoms with Gasteiger partial charge in [-0.05, 0) is 40.2 Å². The summed E-state index contributed by atoms with van der Waals surface area (Å²) in [5.74, 6) is -2.95. The number of hydrogen-bond donors (Lipinski definition) is 2. The van der Waals surface area contributed by atoms with Crippen molar-refractivity contribution in [3.05, 3.63) is 35.1 Å². The number of ether oxygens (including phenoxy) is 4. The van der Waals surface area contributed by atoms with E-state index in [0.717, 1.165) is 0 Å². The predicted octanol–water partition coefficient (Wildman–Crippen LogP) is 1.66. The van der Waals surface area contributed by atoms with Crippen molar-refractivity contribution in [2.24, 2.45) is 0 Å². The third kappa shape index (κ3) is 3.90. The van der Waals surface area contributed by atoms with Crippen LogP contribution in [0.25, 0.3) is 0 Å². The van der Waals surface area contributed by atoms with Crippen LogP contribution in [0.5, 0.6) is 0 Å². The lowest BCUT2D eigenvalue weighted by Crippen LogP contribution is -2.54. The minimum Gasteiger partial charge on any atom is -0.454 e. The molecule has 0 aliphatic carbocycles. The van der Waals surface area contributed by atoms with Gasteiger partial charge in [-0.15, -0.1) is 0 Å². The molecule has 0 aromatic carbocycles. The van der Waals surface area contributed by atoms with Gasteiger partial charge in [0.1, 0.15) is 17.5 Å². The quantitative estimate of drug-likeness (QED) is 0.522. The molecule has 8 heteroatoms. The van der Waals surface area contributed by atoms with E-state index in [4.69, 9.17) is 18.9 Å². The van der Waals surface area contributed by atoms with Crippen molar-refractivity contribution in [2.75, 3.05) is 13.2 Å². The molecule has 3 heterocycles. The number of rotatable bonds is 5. The van der Waals surface area contributed by atoms with Gasteiger partial charge >= 0.3 is 11.9 Å². The normalized spacial score (nSPS) is 36.6. The maximum absolute atomic E-state index is 12.5. The van der Waals surface area contributed by atoms with Crippen molar-refractivity contribution in [3.63, 3.8) is 0 Å². The van der Waals surface area contributed by atoms with E-state index in [1.54, 1.807) is 19.9 Å². The number of esters is 2. The topological polar surface area (TPSA) is 112 Å². The molecule has 2 bridgehead atoms. The number of carbonyl (C=O) groups excluding carboxylic acids is 2. The van der Waals surface area contributed by atoms with Crippen molar-refractivity contribution in [1.29, 1.82) is 0 Å². The van der Waals surface area contributed by atoms with Gasteiger partial charge in [-0.25, -0.2) is 9.59 Å². The largest absolute Gasteiger partial charge is 0.454 e. The number of fused-ring (bicyclic) bond motifs is 3. The summed E-state index contributed by atoms with van der Waals surface area (Å²) in [7, 11) is 0. The van der Waals surface area contributed by atoms with E-state index in [-0.39, 0.29) is 36.4 Å². The third-order valence-corrected chi connectivity index (χ3v) is 5.63. The van der Waals surface area contributed by atoms with Crippen LogP contribution in [0, 0.1) is 0 Å². The Hall–Kier alpha value is -2.00. The Morgan fingerprint density at radius 3 is 2.66 bits per heavy atom. The van der Waals surface area contributed by atoms with Gasteiger partial charge < -0.3 is 29.2 Å². The molecule has 0 aromatic heterocycles. The first-order valence-electron chi connectivity index (χ1n) is 9.69. The summed E-state index contributed by atoms with van der Waals surface area (Å²) >= 11 is 0. The molecule has 0 radical (unpaired) electrons. The number of hydrogen-bond acceptors (Lipinski definition) is 8. The molecule has 4 atom stereocenters. The van der Waals surface area contributed by atoms with Crippen LogP contribution in [0.1, 0.15) is 47.0 Å². The van der Waals surface area contributed by atoms with E-state index >= 15 is 0 Å². The number of carbonyl (C=O) groups is 2. The Labute approximate surface area is 169 Å². The Balaban J connectivity index is 2.17. The molecule has 4 unspecified atom stereocenters. The Morgan fingerprint density at radius 2 is 2.03 bits per heavy atom.